The number of anilines is 2. The number of hydrogen-bond acceptors (Lipinski definition) is 4. The van der Waals surface area contributed by atoms with E-state index in [1.807, 2.05) is 18.2 Å². The second-order valence-electron chi connectivity index (χ2n) is 4.69. The fourth-order valence-corrected chi connectivity index (χ4v) is 2.16. The maximum atomic E-state index is 12.7. The van der Waals surface area contributed by atoms with Crippen molar-refractivity contribution >= 4 is 28.3 Å². The van der Waals surface area contributed by atoms with Gasteiger partial charge in [-0.1, -0.05) is 6.07 Å². The van der Waals surface area contributed by atoms with Crippen molar-refractivity contribution in [1.82, 2.24) is 9.97 Å². The van der Waals surface area contributed by atoms with Crippen LogP contribution in [0.25, 0.3) is 11.0 Å². The van der Waals surface area contributed by atoms with Gasteiger partial charge >= 0.3 is 0 Å². The van der Waals surface area contributed by atoms with Gasteiger partial charge in [0.25, 0.3) is 5.91 Å². The zero-order valence-corrected chi connectivity index (χ0v) is 11.5. The molecule has 0 fully saturated rings. The Morgan fingerprint density at radius 1 is 1.05 bits per heavy atom. The highest BCUT2D eigenvalue weighted by atomic mass is 16.2. The molecule has 2 aromatic carbocycles. The predicted octanol–water partition coefficient (Wildman–Crippen LogP) is 2.49. The molecule has 0 spiro atoms. The van der Waals surface area contributed by atoms with E-state index < -0.39 is 0 Å². The molecule has 5 nitrogen and oxygen atoms in total. The van der Waals surface area contributed by atoms with Gasteiger partial charge in [-0.3, -0.25) is 14.8 Å². The van der Waals surface area contributed by atoms with Crippen LogP contribution in [0.15, 0.2) is 54.9 Å². The van der Waals surface area contributed by atoms with Gasteiger partial charge in [-0.15, -0.1) is 0 Å². The van der Waals surface area contributed by atoms with Crippen LogP contribution in [0.3, 0.4) is 0 Å². The molecule has 104 valence electrons. The third-order valence-corrected chi connectivity index (χ3v) is 3.31. The lowest BCUT2D eigenvalue weighted by molar-refractivity contribution is 0.0994. The molecule has 0 radical (unpaired) electrons. The maximum absolute atomic E-state index is 12.7. The van der Waals surface area contributed by atoms with Gasteiger partial charge in [0, 0.05) is 30.8 Å². The number of benzene rings is 2. The average molecular weight is 278 g/mol. The first-order valence-corrected chi connectivity index (χ1v) is 6.50. The monoisotopic (exact) mass is 278 g/mol. The summed E-state index contributed by atoms with van der Waals surface area (Å²) in [6.07, 6.45) is 3.20. The minimum atomic E-state index is -0.133. The van der Waals surface area contributed by atoms with E-state index in [9.17, 15) is 4.79 Å². The second-order valence-corrected chi connectivity index (χ2v) is 4.69. The second kappa shape index (κ2) is 5.20. The number of rotatable bonds is 2. The molecule has 0 aliphatic heterocycles. The third-order valence-electron chi connectivity index (χ3n) is 3.31. The van der Waals surface area contributed by atoms with Crippen LogP contribution in [-0.4, -0.2) is 22.9 Å². The molecule has 0 atom stereocenters. The van der Waals surface area contributed by atoms with Gasteiger partial charge in [-0.25, -0.2) is 0 Å². The Hall–Kier alpha value is -2.95. The lowest BCUT2D eigenvalue weighted by atomic mass is 10.1. The molecular formula is C16H14N4O. The first-order chi connectivity index (χ1) is 10.2. The molecule has 2 N–H and O–H groups in total. The van der Waals surface area contributed by atoms with E-state index in [2.05, 4.69) is 9.97 Å². The number of nitrogens with zero attached hydrogens (tertiary/aromatic N) is 3. The minimum absolute atomic E-state index is 0.133. The molecule has 0 saturated heterocycles. The molecule has 0 bridgehead atoms. The highest BCUT2D eigenvalue weighted by Gasteiger charge is 2.17. The molecule has 0 saturated carbocycles. The summed E-state index contributed by atoms with van der Waals surface area (Å²) in [5.41, 5.74) is 8.94. The first kappa shape index (κ1) is 13.1. The normalized spacial score (nSPS) is 10.5. The Bertz CT molecular complexity index is 793. The number of carbonyl (C=O) groups excluding carboxylic acids is 1. The lowest BCUT2D eigenvalue weighted by Crippen LogP contribution is -2.26. The van der Waals surface area contributed by atoms with Gasteiger partial charge in [-0.05, 0) is 36.4 Å². The van der Waals surface area contributed by atoms with Gasteiger partial charge in [0.05, 0.1) is 11.1 Å². The summed E-state index contributed by atoms with van der Waals surface area (Å²) in [6.45, 7) is 0. The van der Waals surface area contributed by atoms with E-state index in [0.29, 0.717) is 22.3 Å². The number of hydrogen-bond donors (Lipinski definition) is 1. The van der Waals surface area contributed by atoms with Crippen LogP contribution < -0.4 is 10.6 Å². The van der Waals surface area contributed by atoms with Gasteiger partial charge in [0.15, 0.2) is 0 Å². The van der Waals surface area contributed by atoms with Crippen LogP contribution in [0.4, 0.5) is 11.4 Å². The standard InChI is InChI=1S/C16H14N4O/c1-20(12-7-5-11(17)6-8-12)16(21)13-3-2-4-14-15(13)19-10-9-18-14/h2-10H,17H2,1H3. The van der Waals surface area contributed by atoms with E-state index >= 15 is 0 Å². The van der Waals surface area contributed by atoms with Gasteiger partial charge in [-0.2, -0.15) is 0 Å². The molecule has 0 unspecified atom stereocenters. The van der Waals surface area contributed by atoms with Crippen LogP contribution in [0, 0.1) is 0 Å². The van der Waals surface area contributed by atoms with Crippen molar-refractivity contribution in [2.24, 2.45) is 0 Å². The summed E-state index contributed by atoms with van der Waals surface area (Å²) in [7, 11) is 1.73. The maximum Gasteiger partial charge on any atom is 0.260 e. The minimum Gasteiger partial charge on any atom is -0.399 e. The molecule has 3 aromatic rings. The van der Waals surface area contributed by atoms with E-state index in [1.54, 1.807) is 48.6 Å². The summed E-state index contributed by atoms with van der Waals surface area (Å²) in [6, 6.07) is 12.6. The summed E-state index contributed by atoms with van der Waals surface area (Å²) >= 11 is 0. The van der Waals surface area contributed by atoms with E-state index in [4.69, 9.17) is 5.73 Å². The molecule has 3 rings (SSSR count). The van der Waals surface area contributed by atoms with E-state index in [0.717, 1.165) is 5.69 Å². The van der Waals surface area contributed by atoms with Crippen LogP contribution >= 0.6 is 0 Å². The van der Waals surface area contributed by atoms with Gasteiger partial charge < -0.3 is 10.6 Å². The van der Waals surface area contributed by atoms with Crippen molar-refractivity contribution in [1.29, 1.82) is 0 Å². The highest BCUT2D eigenvalue weighted by molar-refractivity contribution is 6.12. The predicted molar refractivity (Wildman–Crippen MR) is 83.1 cm³/mol. The average Bonchev–Trinajstić information content (AvgIpc) is 2.53. The molecule has 0 aliphatic rings. The van der Waals surface area contributed by atoms with Crippen LogP contribution in [0.2, 0.25) is 0 Å². The summed E-state index contributed by atoms with van der Waals surface area (Å²) in [5.74, 6) is -0.133. The Kier molecular flexibility index (Phi) is 3.23. The largest absolute Gasteiger partial charge is 0.399 e. The summed E-state index contributed by atoms with van der Waals surface area (Å²) < 4.78 is 0. The zero-order valence-electron chi connectivity index (χ0n) is 11.5. The number of fused-ring (bicyclic) bond motifs is 1. The highest BCUT2D eigenvalue weighted by Crippen LogP contribution is 2.20. The van der Waals surface area contributed by atoms with Crippen molar-refractivity contribution in [3.63, 3.8) is 0 Å². The number of nitrogen functional groups attached to an aromatic ring is 1. The number of carbonyl (C=O) groups is 1. The number of amides is 1. The SMILES string of the molecule is CN(C(=O)c1cccc2nccnc12)c1ccc(N)cc1. The van der Waals surface area contributed by atoms with Crippen LogP contribution in [0.5, 0.6) is 0 Å². The Labute approximate surface area is 122 Å². The van der Waals surface area contributed by atoms with Crippen molar-refractivity contribution < 1.29 is 4.79 Å². The Balaban J connectivity index is 2.02. The Morgan fingerprint density at radius 3 is 2.52 bits per heavy atom. The van der Waals surface area contributed by atoms with E-state index in [1.165, 1.54) is 0 Å². The van der Waals surface area contributed by atoms with Crippen LogP contribution in [0.1, 0.15) is 10.4 Å². The van der Waals surface area contributed by atoms with Crippen molar-refractivity contribution in [3.05, 3.63) is 60.4 Å². The lowest BCUT2D eigenvalue weighted by Gasteiger charge is -2.18. The van der Waals surface area contributed by atoms with Gasteiger partial charge in [0.1, 0.15) is 5.52 Å². The summed E-state index contributed by atoms with van der Waals surface area (Å²) in [4.78, 5) is 22.7. The number of aromatic nitrogens is 2. The summed E-state index contributed by atoms with van der Waals surface area (Å²) in [5, 5.41) is 0. The molecule has 1 amide bonds. The molecule has 1 aromatic heterocycles. The van der Waals surface area contributed by atoms with Crippen molar-refractivity contribution in [2.75, 3.05) is 17.7 Å². The fourth-order valence-electron chi connectivity index (χ4n) is 2.16. The number of nitrogens with two attached hydrogens (primary N) is 1. The Morgan fingerprint density at radius 2 is 1.76 bits per heavy atom. The van der Waals surface area contributed by atoms with E-state index in [-0.39, 0.29) is 5.91 Å². The topological polar surface area (TPSA) is 72.1 Å². The first-order valence-electron chi connectivity index (χ1n) is 6.50. The number of para-hydroxylation sites is 1. The van der Waals surface area contributed by atoms with Crippen molar-refractivity contribution in [2.45, 2.75) is 0 Å². The zero-order chi connectivity index (χ0) is 14.8. The molecule has 5 heteroatoms. The fraction of sp³-hybridized carbons (Fsp3) is 0.0625. The molecule has 0 aliphatic carbocycles. The molecule has 21 heavy (non-hydrogen) atoms. The van der Waals surface area contributed by atoms with Gasteiger partial charge in [0.2, 0.25) is 0 Å². The molecular weight excluding hydrogens is 264 g/mol. The van der Waals surface area contributed by atoms with Crippen LogP contribution in [-0.2, 0) is 0 Å². The third kappa shape index (κ3) is 2.41. The quantitative estimate of drug-likeness (QED) is 0.731. The smallest absolute Gasteiger partial charge is 0.260 e. The van der Waals surface area contributed by atoms with Crippen molar-refractivity contribution in [3.8, 4) is 0 Å². The molecule has 1 heterocycles.